The summed E-state index contributed by atoms with van der Waals surface area (Å²) in [6.07, 6.45) is 4.69. The Labute approximate surface area is 176 Å². The summed E-state index contributed by atoms with van der Waals surface area (Å²) in [4.78, 5) is 25.8. The lowest BCUT2D eigenvalue weighted by atomic mass is 9.96. The van der Waals surface area contributed by atoms with Crippen molar-refractivity contribution in [2.45, 2.75) is 12.8 Å². The largest absolute Gasteiger partial charge is 0.497 e. The van der Waals surface area contributed by atoms with Gasteiger partial charge in [-0.3, -0.25) is 9.59 Å². The molecule has 7 nitrogen and oxygen atoms in total. The van der Waals surface area contributed by atoms with Gasteiger partial charge in [0.1, 0.15) is 11.5 Å². The first-order valence-electron chi connectivity index (χ1n) is 9.85. The normalized spacial score (nSPS) is 14.5. The van der Waals surface area contributed by atoms with Gasteiger partial charge in [0.15, 0.2) is 0 Å². The van der Waals surface area contributed by atoms with Gasteiger partial charge in [0.05, 0.1) is 14.2 Å². The molecule has 0 bridgehead atoms. The number of anilines is 2. The van der Waals surface area contributed by atoms with Crippen LogP contribution < -0.4 is 25.4 Å². The molecule has 1 saturated heterocycles. The van der Waals surface area contributed by atoms with Crippen molar-refractivity contribution < 1.29 is 19.1 Å². The number of nitrogens with zero attached hydrogens (tertiary/aromatic N) is 1. The lowest BCUT2D eigenvalue weighted by Crippen LogP contribution is -2.38. The Morgan fingerprint density at radius 2 is 1.77 bits per heavy atom. The summed E-state index contributed by atoms with van der Waals surface area (Å²) in [6.45, 7) is 1.59. The summed E-state index contributed by atoms with van der Waals surface area (Å²) >= 11 is 0. The third-order valence-electron chi connectivity index (χ3n) is 5.25. The van der Waals surface area contributed by atoms with E-state index in [1.165, 1.54) is 6.08 Å². The van der Waals surface area contributed by atoms with E-state index in [2.05, 4.69) is 10.2 Å². The molecule has 0 unspecified atom stereocenters. The van der Waals surface area contributed by atoms with Gasteiger partial charge < -0.3 is 25.4 Å². The van der Waals surface area contributed by atoms with Crippen LogP contribution in [-0.4, -0.2) is 39.1 Å². The number of ether oxygens (including phenoxy) is 2. The van der Waals surface area contributed by atoms with Crippen molar-refractivity contribution >= 4 is 29.3 Å². The molecule has 0 spiro atoms. The van der Waals surface area contributed by atoms with Crippen LogP contribution >= 0.6 is 0 Å². The van der Waals surface area contributed by atoms with Crippen molar-refractivity contribution in [3.8, 4) is 11.5 Å². The molecule has 0 aliphatic carbocycles. The number of hydrogen-bond donors (Lipinski definition) is 2. The van der Waals surface area contributed by atoms with Crippen molar-refractivity contribution in [1.82, 2.24) is 0 Å². The smallest absolute Gasteiger partial charge is 0.248 e. The van der Waals surface area contributed by atoms with Gasteiger partial charge in [-0.1, -0.05) is 0 Å². The van der Waals surface area contributed by atoms with Gasteiger partial charge in [-0.2, -0.15) is 0 Å². The molecule has 0 radical (unpaired) electrons. The van der Waals surface area contributed by atoms with Crippen LogP contribution in [0.25, 0.3) is 6.08 Å². The molecule has 7 heteroatoms. The van der Waals surface area contributed by atoms with E-state index in [9.17, 15) is 9.59 Å². The predicted molar refractivity (Wildman–Crippen MR) is 118 cm³/mol. The highest BCUT2D eigenvalue weighted by molar-refractivity contribution is 6.02. The zero-order chi connectivity index (χ0) is 21.5. The zero-order valence-electron chi connectivity index (χ0n) is 17.3. The third kappa shape index (κ3) is 5.31. The van der Waals surface area contributed by atoms with Gasteiger partial charge in [0.2, 0.25) is 11.8 Å². The fraction of sp³-hybridized carbons (Fsp3) is 0.304. The Bertz CT molecular complexity index is 917. The van der Waals surface area contributed by atoms with Crippen molar-refractivity contribution in [3.05, 3.63) is 54.1 Å². The molecule has 0 aromatic heterocycles. The number of nitrogens with one attached hydrogen (secondary N) is 1. The number of amides is 2. The standard InChI is InChI=1S/C23H27N3O4/c1-29-20-8-9-21(30-2)17(15-20)3-10-22(27)25-18-4-6-19(7-5-18)26-13-11-16(12-14-26)23(24)28/h3-10,15-16H,11-14H2,1-2H3,(H2,24,28)(H,25,27)/b10-3+. The van der Waals surface area contributed by atoms with Crippen LogP contribution in [0.15, 0.2) is 48.5 Å². The van der Waals surface area contributed by atoms with E-state index in [-0.39, 0.29) is 17.7 Å². The molecule has 1 aliphatic rings. The SMILES string of the molecule is COc1ccc(OC)c(/C=C/C(=O)Nc2ccc(N3CCC(C(N)=O)CC3)cc2)c1. The zero-order valence-corrected chi connectivity index (χ0v) is 17.3. The van der Waals surface area contributed by atoms with Crippen molar-refractivity contribution in [2.24, 2.45) is 11.7 Å². The molecular formula is C23H27N3O4. The van der Waals surface area contributed by atoms with Gasteiger partial charge in [0, 0.05) is 42.0 Å². The number of methoxy groups -OCH3 is 2. The van der Waals surface area contributed by atoms with Crippen LogP contribution in [0.5, 0.6) is 11.5 Å². The molecule has 0 atom stereocenters. The highest BCUT2D eigenvalue weighted by atomic mass is 16.5. The first kappa shape index (κ1) is 21.2. The second kappa shape index (κ2) is 9.82. The van der Waals surface area contributed by atoms with E-state index < -0.39 is 0 Å². The van der Waals surface area contributed by atoms with Crippen LogP contribution in [0, 0.1) is 5.92 Å². The number of benzene rings is 2. The molecule has 1 fully saturated rings. The third-order valence-corrected chi connectivity index (χ3v) is 5.25. The molecular weight excluding hydrogens is 382 g/mol. The average Bonchev–Trinajstić information content (AvgIpc) is 2.78. The van der Waals surface area contributed by atoms with Crippen LogP contribution in [0.3, 0.4) is 0 Å². The number of rotatable bonds is 7. The molecule has 158 valence electrons. The topological polar surface area (TPSA) is 93.9 Å². The molecule has 3 rings (SSSR count). The van der Waals surface area contributed by atoms with E-state index >= 15 is 0 Å². The summed E-state index contributed by atoms with van der Waals surface area (Å²) in [5.41, 5.74) is 7.91. The second-order valence-electron chi connectivity index (χ2n) is 7.14. The van der Waals surface area contributed by atoms with Crippen LogP contribution in [0.2, 0.25) is 0 Å². The van der Waals surface area contributed by atoms with Gasteiger partial charge >= 0.3 is 0 Å². The number of carbonyl (C=O) groups excluding carboxylic acids is 2. The van der Waals surface area contributed by atoms with Gasteiger partial charge in [0.25, 0.3) is 0 Å². The van der Waals surface area contributed by atoms with Crippen LogP contribution in [0.4, 0.5) is 11.4 Å². The van der Waals surface area contributed by atoms with E-state index in [1.54, 1.807) is 38.5 Å². The first-order valence-corrected chi connectivity index (χ1v) is 9.85. The summed E-state index contributed by atoms with van der Waals surface area (Å²) in [5, 5.41) is 2.85. The molecule has 2 aromatic rings. The summed E-state index contributed by atoms with van der Waals surface area (Å²) in [7, 11) is 3.17. The number of nitrogens with two attached hydrogens (primary N) is 1. The lowest BCUT2D eigenvalue weighted by molar-refractivity contribution is -0.122. The lowest BCUT2D eigenvalue weighted by Gasteiger charge is -2.32. The van der Waals surface area contributed by atoms with Gasteiger partial charge in [-0.25, -0.2) is 0 Å². The van der Waals surface area contributed by atoms with E-state index in [0.717, 1.165) is 37.2 Å². The number of hydrogen-bond acceptors (Lipinski definition) is 5. The van der Waals surface area contributed by atoms with Crippen LogP contribution in [-0.2, 0) is 9.59 Å². The minimum absolute atomic E-state index is 0.0326. The second-order valence-corrected chi connectivity index (χ2v) is 7.14. The van der Waals surface area contributed by atoms with E-state index in [0.29, 0.717) is 17.2 Å². The fourth-order valence-electron chi connectivity index (χ4n) is 3.50. The molecule has 1 aliphatic heterocycles. The van der Waals surface area contributed by atoms with E-state index in [1.807, 2.05) is 24.3 Å². The summed E-state index contributed by atoms with van der Waals surface area (Å²) < 4.78 is 10.5. The Balaban J connectivity index is 1.59. The van der Waals surface area contributed by atoms with Crippen molar-refractivity contribution in [1.29, 1.82) is 0 Å². The minimum Gasteiger partial charge on any atom is -0.497 e. The Morgan fingerprint density at radius 3 is 2.37 bits per heavy atom. The average molecular weight is 409 g/mol. The summed E-state index contributed by atoms with van der Waals surface area (Å²) in [5.74, 6) is 0.854. The molecule has 30 heavy (non-hydrogen) atoms. The Hall–Kier alpha value is -3.48. The number of primary amides is 1. The number of carbonyl (C=O) groups is 2. The van der Waals surface area contributed by atoms with Crippen molar-refractivity contribution in [2.75, 3.05) is 37.5 Å². The highest BCUT2D eigenvalue weighted by Gasteiger charge is 2.23. The fourth-order valence-corrected chi connectivity index (χ4v) is 3.50. The van der Waals surface area contributed by atoms with Crippen molar-refractivity contribution in [3.63, 3.8) is 0 Å². The molecule has 0 saturated carbocycles. The monoisotopic (exact) mass is 409 g/mol. The number of piperidine rings is 1. The minimum atomic E-state index is -0.241. The summed E-state index contributed by atoms with van der Waals surface area (Å²) in [6, 6.07) is 13.1. The van der Waals surface area contributed by atoms with Gasteiger partial charge in [-0.15, -0.1) is 0 Å². The van der Waals surface area contributed by atoms with Crippen LogP contribution in [0.1, 0.15) is 18.4 Å². The quantitative estimate of drug-likeness (QED) is 0.686. The Morgan fingerprint density at radius 1 is 1.07 bits per heavy atom. The molecule has 1 heterocycles. The maximum absolute atomic E-state index is 12.3. The first-order chi connectivity index (χ1) is 14.5. The maximum atomic E-state index is 12.3. The Kier molecular flexibility index (Phi) is 6.95. The molecule has 2 aromatic carbocycles. The van der Waals surface area contributed by atoms with Gasteiger partial charge in [-0.05, 0) is 61.4 Å². The molecule has 3 N–H and O–H groups in total. The molecule has 2 amide bonds. The highest BCUT2D eigenvalue weighted by Crippen LogP contribution is 2.26. The predicted octanol–water partition coefficient (Wildman–Crippen LogP) is 3.06. The maximum Gasteiger partial charge on any atom is 0.248 e. The van der Waals surface area contributed by atoms with E-state index in [4.69, 9.17) is 15.2 Å².